The van der Waals surface area contributed by atoms with Gasteiger partial charge in [-0.15, -0.1) is 0 Å². The highest BCUT2D eigenvalue weighted by atomic mass is 15.0. The van der Waals surface area contributed by atoms with Crippen LogP contribution in [0.1, 0.15) is 27.8 Å². The Labute approximate surface area is 327 Å². The predicted molar refractivity (Wildman–Crippen MR) is 229 cm³/mol. The summed E-state index contributed by atoms with van der Waals surface area (Å²) in [6.07, 6.45) is 0. The van der Waals surface area contributed by atoms with Crippen LogP contribution >= 0.6 is 0 Å². The third kappa shape index (κ3) is 5.73. The minimum atomic E-state index is -0.454. The minimum absolute atomic E-state index is 0.454. The maximum Gasteiger partial charge on any atom is 0.164 e. The van der Waals surface area contributed by atoms with Crippen molar-refractivity contribution >= 4 is 0 Å². The highest BCUT2D eigenvalue weighted by molar-refractivity contribution is 5.89. The van der Waals surface area contributed by atoms with Crippen molar-refractivity contribution in [2.24, 2.45) is 0 Å². The summed E-state index contributed by atoms with van der Waals surface area (Å²) in [7, 11) is 0. The van der Waals surface area contributed by atoms with Gasteiger partial charge in [-0.25, -0.2) is 15.0 Å². The molecule has 10 rings (SSSR count). The van der Waals surface area contributed by atoms with E-state index in [1.807, 2.05) is 60.7 Å². The van der Waals surface area contributed by atoms with E-state index >= 15 is 0 Å². The topological polar surface area (TPSA) is 38.7 Å². The lowest BCUT2D eigenvalue weighted by Crippen LogP contribution is -2.28. The molecule has 3 nitrogen and oxygen atoms in total. The first-order valence-corrected chi connectivity index (χ1v) is 19.1. The molecule has 0 amide bonds. The summed E-state index contributed by atoms with van der Waals surface area (Å²) in [5, 5.41) is 0. The van der Waals surface area contributed by atoms with Crippen molar-refractivity contribution in [1.29, 1.82) is 0 Å². The first-order valence-electron chi connectivity index (χ1n) is 19.1. The third-order valence-electron chi connectivity index (χ3n) is 11.1. The molecule has 0 fully saturated rings. The van der Waals surface area contributed by atoms with Crippen molar-refractivity contribution in [1.82, 2.24) is 15.0 Å². The molecule has 0 saturated carbocycles. The van der Waals surface area contributed by atoms with Gasteiger partial charge in [-0.2, -0.15) is 0 Å². The number of hydrogen-bond donors (Lipinski definition) is 0. The molecule has 1 heterocycles. The molecule has 0 radical (unpaired) electrons. The highest BCUT2D eigenvalue weighted by Gasteiger charge is 2.46. The van der Waals surface area contributed by atoms with E-state index in [0.717, 1.165) is 33.4 Å². The van der Waals surface area contributed by atoms with Crippen LogP contribution in [0.2, 0.25) is 0 Å². The monoisotopic (exact) mass is 715 g/mol. The van der Waals surface area contributed by atoms with Crippen molar-refractivity contribution < 1.29 is 0 Å². The van der Waals surface area contributed by atoms with Crippen LogP contribution in [0.3, 0.4) is 0 Å². The number of aromatic nitrogens is 3. The molecule has 264 valence electrons. The van der Waals surface area contributed by atoms with Gasteiger partial charge in [-0.05, 0) is 80.8 Å². The number of hydrogen-bond acceptors (Lipinski definition) is 3. The van der Waals surface area contributed by atoms with E-state index in [4.69, 9.17) is 15.0 Å². The van der Waals surface area contributed by atoms with Gasteiger partial charge in [0.25, 0.3) is 0 Å². The molecule has 1 unspecified atom stereocenters. The first-order chi connectivity index (χ1) is 27.6. The molecule has 56 heavy (non-hydrogen) atoms. The van der Waals surface area contributed by atoms with E-state index in [2.05, 4.69) is 153 Å². The summed E-state index contributed by atoms with van der Waals surface area (Å²) in [6.45, 7) is 2.16. The Bertz CT molecular complexity index is 2790. The Morgan fingerprint density at radius 1 is 0.304 bits per heavy atom. The molecule has 0 spiro atoms. The number of nitrogens with zero attached hydrogens (tertiary/aromatic N) is 3. The van der Waals surface area contributed by atoms with Gasteiger partial charge in [-0.3, -0.25) is 0 Å². The summed E-state index contributed by atoms with van der Waals surface area (Å²) in [4.78, 5) is 14.9. The van der Waals surface area contributed by atoms with Crippen molar-refractivity contribution in [3.8, 4) is 67.5 Å². The second kappa shape index (κ2) is 13.9. The standard InChI is InChI=1S/C53H37N3/c1-36-27-30-45(31-28-36)53(44-23-9-4-10-24-44)48-26-12-11-25-46(48)47-32-29-42(35-49(47)53)40-20-13-19-39(33-40)41-21-14-22-43(34-41)52-55-50(37-15-5-2-6-16-37)54-51(56-52)38-17-7-3-8-18-38/h2-35H,1H3. The fourth-order valence-electron chi connectivity index (χ4n) is 8.39. The van der Waals surface area contributed by atoms with Gasteiger partial charge < -0.3 is 0 Å². The van der Waals surface area contributed by atoms with Gasteiger partial charge in [0.1, 0.15) is 0 Å². The fourth-order valence-corrected chi connectivity index (χ4v) is 8.39. The number of benzene rings is 8. The maximum atomic E-state index is 5.00. The Morgan fingerprint density at radius 2 is 0.732 bits per heavy atom. The van der Waals surface area contributed by atoms with E-state index in [-0.39, 0.29) is 0 Å². The van der Waals surface area contributed by atoms with Crippen LogP contribution < -0.4 is 0 Å². The lowest BCUT2D eigenvalue weighted by Gasteiger charge is -2.34. The lowest BCUT2D eigenvalue weighted by molar-refractivity contribution is 0.768. The largest absolute Gasteiger partial charge is 0.208 e. The zero-order valence-corrected chi connectivity index (χ0v) is 31.0. The van der Waals surface area contributed by atoms with Gasteiger partial charge in [0, 0.05) is 16.7 Å². The van der Waals surface area contributed by atoms with Crippen molar-refractivity contribution in [3.05, 3.63) is 234 Å². The third-order valence-corrected chi connectivity index (χ3v) is 11.1. The van der Waals surface area contributed by atoms with Gasteiger partial charge in [-0.1, -0.05) is 194 Å². The van der Waals surface area contributed by atoms with Crippen LogP contribution in [0.4, 0.5) is 0 Å². The molecular formula is C53H37N3. The number of aryl methyl sites for hydroxylation is 1. The molecule has 0 N–H and O–H groups in total. The molecule has 1 atom stereocenters. The van der Waals surface area contributed by atoms with E-state index in [1.54, 1.807) is 0 Å². The van der Waals surface area contributed by atoms with Crippen LogP contribution in [0.5, 0.6) is 0 Å². The summed E-state index contributed by atoms with van der Waals surface area (Å²) in [5.41, 5.74) is 15.9. The van der Waals surface area contributed by atoms with Gasteiger partial charge in [0.05, 0.1) is 5.41 Å². The quantitative estimate of drug-likeness (QED) is 0.165. The summed E-state index contributed by atoms with van der Waals surface area (Å²) < 4.78 is 0. The van der Waals surface area contributed by atoms with Crippen molar-refractivity contribution in [2.45, 2.75) is 12.3 Å². The predicted octanol–water partition coefficient (Wildman–Crippen LogP) is 12.9. The first kappa shape index (κ1) is 33.3. The van der Waals surface area contributed by atoms with E-state index in [1.165, 1.54) is 44.5 Å². The maximum absolute atomic E-state index is 5.00. The highest BCUT2D eigenvalue weighted by Crippen LogP contribution is 2.56. The molecule has 3 heteroatoms. The second-order valence-electron chi connectivity index (χ2n) is 14.5. The number of rotatable bonds is 7. The zero-order valence-electron chi connectivity index (χ0n) is 31.0. The van der Waals surface area contributed by atoms with Gasteiger partial charge in [0.2, 0.25) is 0 Å². The smallest absolute Gasteiger partial charge is 0.164 e. The Kier molecular flexibility index (Phi) is 8.26. The summed E-state index contributed by atoms with van der Waals surface area (Å²) >= 11 is 0. The molecule has 0 bridgehead atoms. The SMILES string of the molecule is Cc1ccc(C2(c3ccccc3)c3ccccc3-c3ccc(-c4cccc(-c5cccc(-c6nc(-c7ccccc7)nc(-c7ccccc7)n6)c5)c4)cc32)cc1. The van der Waals surface area contributed by atoms with Crippen LogP contribution in [0.15, 0.2) is 206 Å². The molecule has 1 aliphatic rings. The molecule has 9 aromatic rings. The van der Waals surface area contributed by atoms with E-state index in [9.17, 15) is 0 Å². The van der Waals surface area contributed by atoms with Gasteiger partial charge in [0.15, 0.2) is 17.5 Å². The molecule has 8 aromatic carbocycles. The van der Waals surface area contributed by atoms with Crippen LogP contribution in [-0.4, -0.2) is 15.0 Å². The van der Waals surface area contributed by atoms with Crippen LogP contribution in [0, 0.1) is 6.92 Å². The normalized spacial score (nSPS) is 14.2. The molecule has 0 aliphatic heterocycles. The van der Waals surface area contributed by atoms with Crippen molar-refractivity contribution in [2.75, 3.05) is 0 Å². The average molecular weight is 716 g/mol. The Morgan fingerprint density at radius 3 is 1.34 bits per heavy atom. The second-order valence-corrected chi connectivity index (χ2v) is 14.5. The molecule has 1 aromatic heterocycles. The fraction of sp³-hybridized carbons (Fsp3) is 0.0377. The van der Waals surface area contributed by atoms with E-state index < -0.39 is 5.41 Å². The average Bonchev–Trinajstić information content (AvgIpc) is 3.58. The summed E-state index contributed by atoms with van der Waals surface area (Å²) in [5.74, 6) is 1.94. The molecular weight excluding hydrogens is 679 g/mol. The van der Waals surface area contributed by atoms with E-state index in [0.29, 0.717) is 17.5 Å². The zero-order chi connectivity index (χ0) is 37.5. The van der Waals surface area contributed by atoms with Crippen LogP contribution in [0.25, 0.3) is 67.5 Å². The van der Waals surface area contributed by atoms with Crippen molar-refractivity contribution in [3.63, 3.8) is 0 Å². The van der Waals surface area contributed by atoms with Gasteiger partial charge >= 0.3 is 0 Å². The minimum Gasteiger partial charge on any atom is -0.208 e. The Hall–Kier alpha value is -7.23. The lowest BCUT2D eigenvalue weighted by atomic mass is 9.67. The molecule has 0 saturated heterocycles. The Balaban J connectivity index is 1.08. The molecule has 1 aliphatic carbocycles. The number of fused-ring (bicyclic) bond motifs is 3. The summed E-state index contributed by atoms with van der Waals surface area (Å²) in [6, 6.07) is 73.7. The van der Waals surface area contributed by atoms with Crippen LogP contribution in [-0.2, 0) is 5.41 Å².